The van der Waals surface area contributed by atoms with Crippen LogP contribution in [0.2, 0.25) is 5.02 Å². The molecule has 3 aromatic rings. The zero-order valence-corrected chi connectivity index (χ0v) is 21.4. The van der Waals surface area contributed by atoms with Gasteiger partial charge in [0.25, 0.3) is 10.0 Å². The number of nitrogens with zero attached hydrogens (tertiary/aromatic N) is 2. The first-order valence-electron chi connectivity index (χ1n) is 11.0. The molecule has 0 saturated carbocycles. The zero-order valence-electron chi connectivity index (χ0n) is 19.8. The third-order valence-corrected chi connectivity index (χ3v) is 7.84. The first-order chi connectivity index (χ1) is 16.7. The maximum Gasteiger partial charge on any atom is 0.264 e. The molecule has 0 aromatic heterocycles. The molecule has 35 heavy (non-hydrogen) atoms. The number of benzene rings is 3. The highest BCUT2D eigenvalue weighted by Gasteiger charge is 2.33. The van der Waals surface area contributed by atoms with Crippen LogP contribution >= 0.6 is 11.6 Å². The first kappa shape index (κ1) is 26.2. The van der Waals surface area contributed by atoms with Crippen molar-refractivity contribution in [3.8, 4) is 0 Å². The van der Waals surface area contributed by atoms with Crippen molar-refractivity contribution in [1.29, 1.82) is 0 Å². The van der Waals surface area contributed by atoms with Gasteiger partial charge in [0, 0.05) is 13.6 Å². The minimum atomic E-state index is -4.14. The Morgan fingerprint density at radius 3 is 2.17 bits per heavy atom. The third kappa shape index (κ3) is 6.01. The van der Waals surface area contributed by atoms with Gasteiger partial charge in [-0.1, -0.05) is 66.2 Å². The fourth-order valence-electron chi connectivity index (χ4n) is 3.65. The Morgan fingerprint density at radius 1 is 0.943 bits per heavy atom. The summed E-state index contributed by atoms with van der Waals surface area (Å²) in [5, 5.41) is 2.75. The van der Waals surface area contributed by atoms with Crippen LogP contribution in [0.15, 0.2) is 83.8 Å². The number of likely N-dealkylation sites (N-methyl/N-ethyl adjacent to an activating group) is 1. The smallest absolute Gasteiger partial charge is 0.264 e. The largest absolute Gasteiger partial charge is 0.357 e. The molecule has 3 aromatic carbocycles. The molecule has 0 radical (unpaired) electrons. The number of halogens is 1. The van der Waals surface area contributed by atoms with Gasteiger partial charge < -0.3 is 10.2 Å². The number of amides is 2. The molecule has 9 heteroatoms. The number of carbonyl (C=O) groups is 2. The summed E-state index contributed by atoms with van der Waals surface area (Å²) in [7, 11) is -2.65. The summed E-state index contributed by atoms with van der Waals surface area (Å²) in [6.45, 7) is 3.13. The Hall–Kier alpha value is -3.36. The lowest BCUT2D eigenvalue weighted by Crippen LogP contribution is -2.50. The van der Waals surface area contributed by atoms with Crippen LogP contribution in [-0.4, -0.2) is 44.8 Å². The summed E-state index contributed by atoms with van der Waals surface area (Å²) in [5.74, 6) is -0.897. The number of para-hydroxylation sites is 1. The predicted octanol–water partition coefficient (Wildman–Crippen LogP) is 4.01. The van der Waals surface area contributed by atoms with Gasteiger partial charge in [0.15, 0.2) is 0 Å². The highest BCUT2D eigenvalue weighted by atomic mass is 35.5. The molecule has 184 valence electrons. The van der Waals surface area contributed by atoms with Crippen molar-refractivity contribution in [3.05, 3.63) is 95.0 Å². The Morgan fingerprint density at radius 2 is 1.54 bits per heavy atom. The maximum absolute atomic E-state index is 13.7. The third-order valence-electron chi connectivity index (χ3n) is 5.75. The van der Waals surface area contributed by atoms with Crippen molar-refractivity contribution in [2.75, 3.05) is 17.9 Å². The van der Waals surface area contributed by atoms with Crippen LogP contribution in [0.25, 0.3) is 0 Å². The summed E-state index contributed by atoms with van der Waals surface area (Å²) < 4.78 is 28.3. The molecule has 3 rings (SSSR count). The van der Waals surface area contributed by atoms with Gasteiger partial charge in [-0.15, -0.1) is 0 Å². The highest BCUT2D eigenvalue weighted by molar-refractivity contribution is 7.92. The monoisotopic (exact) mass is 513 g/mol. The SMILES string of the molecule is CNC(=O)[C@@H](C)N(Cc1ccccc1C)C(=O)CN(c1ccccc1Cl)S(=O)(=O)c1ccccc1. The van der Waals surface area contributed by atoms with Gasteiger partial charge in [-0.3, -0.25) is 13.9 Å². The number of anilines is 1. The van der Waals surface area contributed by atoms with Gasteiger partial charge in [0.1, 0.15) is 12.6 Å². The summed E-state index contributed by atoms with van der Waals surface area (Å²) in [6, 6.07) is 21.0. The minimum Gasteiger partial charge on any atom is -0.357 e. The second kappa shape index (κ2) is 11.4. The van der Waals surface area contributed by atoms with E-state index in [9.17, 15) is 18.0 Å². The quantitative estimate of drug-likeness (QED) is 0.468. The van der Waals surface area contributed by atoms with E-state index in [1.54, 1.807) is 49.4 Å². The molecule has 0 heterocycles. The van der Waals surface area contributed by atoms with Gasteiger partial charge in [0.05, 0.1) is 15.6 Å². The number of hydrogen-bond donors (Lipinski definition) is 1. The van der Waals surface area contributed by atoms with E-state index in [1.165, 1.54) is 24.1 Å². The molecular formula is C26H28ClN3O4S. The molecule has 7 nitrogen and oxygen atoms in total. The topological polar surface area (TPSA) is 86.8 Å². The first-order valence-corrected chi connectivity index (χ1v) is 12.9. The molecule has 0 spiro atoms. The fourth-order valence-corrected chi connectivity index (χ4v) is 5.39. The summed E-state index contributed by atoms with van der Waals surface area (Å²) in [6.07, 6.45) is 0. The van der Waals surface area contributed by atoms with E-state index < -0.39 is 28.5 Å². The van der Waals surface area contributed by atoms with Gasteiger partial charge in [0.2, 0.25) is 11.8 Å². The van der Waals surface area contributed by atoms with Crippen LogP contribution in [0.3, 0.4) is 0 Å². The highest BCUT2D eigenvalue weighted by Crippen LogP contribution is 2.30. The van der Waals surface area contributed by atoms with E-state index in [1.807, 2.05) is 31.2 Å². The molecular weight excluding hydrogens is 486 g/mol. The number of hydrogen-bond acceptors (Lipinski definition) is 4. The molecule has 2 amide bonds. The van der Waals surface area contributed by atoms with E-state index in [4.69, 9.17) is 11.6 Å². The van der Waals surface area contributed by atoms with Gasteiger partial charge in [-0.05, 0) is 49.2 Å². The fraction of sp³-hybridized carbons (Fsp3) is 0.231. The average Bonchev–Trinajstić information content (AvgIpc) is 2.86. The molecule has 1 N–H and O–H groups in total. The van der Waals surface area contributed by atoms with Gasteiger partial charge in [-0.25, -0.2) is 8.42 Å². The number of nitrogens with one attached hydrogen (secondary N) is 1. The van der Waals surface area contributed by atoms with Crippen LogP contribution in [-0.2, 0) is 26.2 Å². The standard InChI is InChI=1S/C26H28ClN3O4S/c1-19-11-7-8-12-21(19)17-29(20(2)26(32)28-3)25(31)18-30(24-16-10-9-15-23(24)27)35(33,34)22-13-5-4-6-14-22/h4-16,20H,17-18H2,1-3H3,(H,28,32)/t20-/m1/s1. The second-order valence-corrected chi connectivity index (χ2v) is 10.3. The normalized spacial score (nSPS) is 12.0. The lowest BCUT2D eigenvalue weighted by Gasteiger charge is -2.32. The van der Waals surface area contributed by atoms with Crippen molar-refractivity contribution in [1.82, 2.24) is 10.2 Å². The van der Waals surface area contributed by atoms with E-state index in [2.05, 4.69) is 5.32 Å². The van der Waals surface area contributed by atoms with Crippen molar-refractivity contribution in [2.24, 2.45) is 0 Å². The number of rotatable bonds is 9. The van der Waals surface area contributed by atoms with E-state index in [-0.39, 0.29) is 28.1 Å². The minimum absolute atomic E-state index is 0.0255. The predicted molar refractivity (Wildman–Crippen MR) is 138 cm³/mol. The Labute approximate surface area is 211 Å². The van der Waals surface area contributed by atoms with Gasteiger partial charge >= 0.3 is 0 Å². The Kier molecular flexibility index (Phi) is 8.53. The number of carbonyl (C=O) groups excluding carboxylic acids is 2. The van der Waals surface area contributed by atoms with Crippen molar-refractivity contribution in [3.63, 3.8) is 0 Å². The molecule has 0 aliphatic heterocycles. The van der Waals surface area contributed by atoms with Gasteiger partial charge in [-0.2, -0.15) is 0 Å². The molecule has 0 aliphatic rings. The van der Waals surface area contributed by atoms with Crippen LogP contribution in [0.1, 0.15) is 18.1 Å². The Bertz CT molecular complexity index is 1300. The number of aryl methyl sites for hydroxylation is 1. The maximum atomic E-state index is 13.7. The van der Waals surface area contributed by atoms with E-state index in [0.717, 1.165) is 15.4 Å². The molecule has 0 fully saturated rings. The van der Waals surface area contributed by atoms with Crippen LogP contribution in [0.4, 0.5) is 5.69 Å². The average molecular weight is 514 g/mol. The lowest BCUT2D eigenvalue weighted by molar-refractivity contribution is -0.139. The van der Waals surface area contributed by atoms with Crippen molar-refractivity contribution in [2.45, 2.75) is 31.3 Å². The van der Waals surface area contributed by atoms with E-state index in [0.29, 0.717) is 0 Å². The van der Waals surface area contributed by atoms with E-state index >= 15 is 0 Å². The number of sulfonamides is 1. The molecule has 1 atom stereocenters. The second-order valence-electron chi connectivity index (χ2n) is 8.01. The van der Waals surface area contributed by atoms with Crippen molar-refractivity contribution < 1.29 is 18.0 Å². The summed E-state index contributed by atoms with van der Waals surface area (Å²) >= 11 is 6.37. The molecule has 0 unspecified atom stereocenters. The molecule has 0 saturated heterocycles. The summed E-state index contributed by atoms with van der Waals surface area (Å²) in [5.41, 5.74) is 1.98. The molecule has 0 aliphatic carbocycles. The van der Waals surface area contributed by atoms with Crippen molar-refractivity contribution >= 4 is 39.1 Å². The van der Waals surface area contributed by atoms with Crippen LogP contribution < -0.4 is 9.62 Å². The zero-order chi connectivity index (χ0) is 25.6. The Balaban J connectivity index is 2.05. The molecule has 0 bridgehead atoms. The summed E-state index contributed by atoms with van der Waals surface area (Å²) in [4.78, 5) is 27.6. The van der Waals surface area contributed by atoms with Crippen LogP contribution in [0, 0.1) is 6.92 Å². The van der Waals surface area contributed by atoms with Crippen LogP contribution in [0.5, 0.6) is 0 Å². The lowest BCUT2D eigenvalue weighted by atomic mass is 10.1.